The molecule has 1 aliphatic heterocycles. The molecule has 1 aliphatic rings. The average Bonchev–Trinajstić information content (AvgIpc) is 3.00. The zero-order valence-corrected chi connectivity index (χ0v) is 13.0. The molecule has 0 aromatic heterocycles. The lowest BCUT2D eigenvalue weighted by molar-refractivity contribution is -0.158. The fourth-order valence-electron chi connectivity index (χ4n) is 2.24. The number of benzene rings is 1. The summed E-state index contributed by atoms with van der Waals surface area (Å²) in [5.41, 5.74) is 0.818. The van der Waals surface area contributed by atoms with Crippen molar-refractivity contribution in [1.82, 2.24) is 4.90 Å². The number of rotatable bonds is 4. The lowest BCUT2D eigenvalue weighted by Gasteiger charge is -2.21. The molecule has 4 nitrogen and oxygen atoms in total. The van der Waals surface area contributed by atoms with E-state index in [2.05, 4.69) is 15.9 Å². The highest BCUT2D eigenvalue weighted by atomic mass is 79.9. The number of carbonyl (C=O) groups excluding carboxylic acids is 2. The highest BCUT2D eigenvalue weighted by molar-refractivity contribution is 9.09. The molecular formula is C15H18BrNO3. The summed E-state index contributed by atoms with van der Waals surface area (Å²) in [6, 6.07) is 9.28. The second-order valence-corrected chi connectivity index (χ2v) is 5.80. The van der Waals surface area contributed by atoms with E-state index in [1.807, 2.05) is 30.3 Å². The van der Waals surface area contributed by atoms with Crippen LogP contribution >= 0.6 is 15.9 Å². The third-order valence-electron chi connectivity index (χ3n) is 3.36. The predicted molar refractivity (Wildman–Crippen MR) is 79.5 cm³/mol. The Morgan fingerprint density at radius 3 is 2.40 bits per heavy atom. The van der Waals surface area contributed by atoms with Gasteiger partial charge in [-0.1, -0.05) is 46.3 Å². The Morgan fingerprint density at radius 1 is 1.20 bits per heavy atom. The molecule has 1 unspecified atom stereocenters. The lowest BCUT2D eigenvalue weighted by atomic mass is 10.1. The van der Waals surface area contributed by atoms with Crippen LogP contribution in [0.2, 0.25) is 0 Å². The van der Waals surface area contributed by atoms with Crippen molar-refractivity contribution in [1.29, 1.82) is 0 Å². The van der Waals surface area contributed by atoms with Gasteiger partial charge in [-0.2, -0.15) is 0 Å². The first-order chi connectivity index (χ1) is 9.59. The van der Waals surface area contributed by atoms with Gasteiger partial charge >= 0.3 is 5.97 Å². The van der Waals surface area contributed by atoms with E-state index in [9.17, 15) is 9.59 Å². The molecule has 1 amide bonds. The number of hydrogen-bond acceptors (Lipinski definition) is 3. The topological polar surface area (TPSA) is 46.6 Å². The van der Waals surface area contributed by atoms with Gasteiger partial charge in [-0.3, -0.25) is 9.59 Å². The van der Waals surface area contributed by atoms with Gasteiger partial charge in [0.05, 0.1) is 0 Å². The summed E-state index contributed by atoms with van der Waals surface area (Å²) in [6.07, 6.45) is 1.32. The van der Waals surface area contributed by atoms with Crippen LogP contribution in [0, 0.1) is 0 Å². The fourth-order valence-corrected chi connectivity index (χ4v) is 2.65. The molecule has 1 heterocycles. The summed E-state index contributed by atoms with van der Waals surface area (Å²) in [5, 5.41) is 0. The Balaban J connectivity index is 1.91. The average molecular weight is 340 g/mol. The van der Waals surface area contributed by atoms with Crippen LogP contribution in [0.4, 0.5) is 0 Å². The second-order valence-electron chi connectivity index (χ2n) is 4.88. The van der Waals surface area contributed by atoms with Crippen LogP contribution in [0.15, 0.2) is 30.3 Å². The standard InChI is InChI=1S/C15H18BrNO3/c1-11(14(18)17-9-5-6-10-17)20-15(19)13(16)12-7-3-2-4-8-12/h2-4,7-8,11,13H,5-6,9-10H2,1H3/t11-,13?/m0/s1. The van der Waals surface area contributed by atoms with Crippen molar-refractivity contribution in [2.24, 2.45) is 0 Å². The molecule has 20 heavy (non-hydrogen) atoms. The van der Waals surface area contributed by atoms with Gasteiger partial charge in [0.1, 0.15) is 4.83 Å². The number of likely N-dealkylation sites (tertiary alicyclic amines) is 1. The minimum Gasteiger partial charge on any atom is -0.451 e. The van der Waals surface area contributed by atoms with Crippen molar-refractivity contribution >= 4 is 27.8 Å². The molecule has 0 N–H and O–H groups in total. The molecule has 0 aliphatic carbocycles. The summed E-state index contributed by atoms with van der Waals surface area (Å²) >= 11 is 3.31. The monoisotopic (exact) mass is 339 g/mol. The number of alkyl halides is 1. The van der Waals surface area contributed by atoms with Gasteiger partial charge in [-0.05, 0) is 25.3 Å². The molecule has 0 radical (unpaired) electrons. The Labute approximate surface area is 127 Å². The first kappa shape index (κ1) is 15.0. The van der Waals surface area contributed by atoms with E-state index >= 15 is 0 Å². The molecule has 1 fully saturated rings. The summed E-state index contributed by atoms with van der Waals surface area (Å²) in [5.74, 6) is -0.542. The van der Waals surface area contributed by atoms with Crippen LogP contribution in [-0.4, -0.2) is 36.0 Å². The van der Waals surface area contributed by atoms with Crippen LogP contribution in [0.1, 0.15) is 30.2 Å². The van der Waals surface area contributed by atoms with Crippen molar-refractivity contribution in [3.63, 3.8) is 0 Å². The van der Waals surface area contributed by atoms with Crippen LogP contribution < -0.4 is 0 Å². The molecule has 0 spiro atoms. The van der Waals surface area contributed by atoms with Gasteiger partial charge in [0.15, 0.2) is 6.10 Å². The van der Waals surface area contributed by atoms with Crippen molar-refractivity contribution in [2.45, 2.75) is 30.7 Å². The molecule has 1 aromatic rings. The predicted octanol–water partition coefficient (Wildman–Crippen LogP) is 2.68. The van der Waals surface area contributed by atoms with Crippen LogP contribution in [0.25, 0.3) is 0 Å². The summed E-state index contributed by atoms with van der Waals surface area (Å²) in [4.78, 5) is 25.3. The number of hydrogen-bond donors (Lipinski definition) is 0. The second kappa shape index (κ2) is 6.88. The fraction of sp³-hybridized carbons (Fsp3) is 0.467. The zero-order valence-electron chi connectivity index (χ0n) is 11.4. The normalized spacial score (nSPS) is 17.6. The largest absolute Gasteiger partial charge is 0.451 e. The van der Waals surface area contributed by atoms with Gasteiger partial charge in [-0.15, -0.1) is 0 Å². The number of esters is 1. The zero-order chi connectivity index (χ0) is 14.5. The Bertz CT molecular complexity index is 471. The van der Waals surface area contributed by atoms with E-state index in [0.29, 0.717) is 0 Å². The lowest BCUT2D eigenvalue weighted by Crippen LogP contribution is -2.38. The van der Waals surface area contributed by atoms with Crippen molar-refractivity contribution in [2.75, 3.05) is 13.1 Å². The first-order valence-electron chi connectivity index (χ1n) is 6.78. The van der Waals surface area contributed by atoms with E-state index < -0.39 is 16.9 Å². The van der Waals surface area contributed by atoms with Gasteiger partial charge in [0, 0.05) is 13.1 Å². The van der Waals surface area contributed by atoms with Crippen molar-refractivity contribution in [3.05, 3.63) is 35.9 Å². The third kappa shape index (κ3) is 3.60. The SMILES string of the molecule is C[C@H](OC(=O)C(Br)c1ccccc1)C(=O)N1CCCC1. The van der Waals surface area contributed by atoms with Crippen LogP contribution in [0.3, 0.4) is 0 Å². The quantitative estimate of drug-likeness (QED) is 0.625. The Hall–Kier alpha value is -1.36. The third-order valence-corrected chi connectivity index (χ3v) is 4.26. The molecule has 0 bridgehead atoms. The number of amides is 1. The number of halogens is 1. The molecule has 108 valence electrons. The molecule has 1 saturated heterocycles. The van der Waals surface area contributed by atoms with Crippen LogP contribution in [0.5, 0.6) is 0 Å². The number of carbonyl (C=O) groups is 2. The van der Waals surface area contributed by atoms with Gasteiger partial charge in [-0.25, -0.2) is 0 Å². The summed E-state index contributed by atoms with van der Waals surface area (Å²) < 4.78 is 5.26. The Morgan fingerprint density at radius 2 is 1.80 bits per heavy atom. The van der Waals surface area contributed by atoms with Gasteiger partial charge in [0.2, 0.25) is 0 Å². The smallest absolute Gasteiger partial charge is 0.325 e. The van der Waals surface area contributed by atoms with E-state index in [-0.39, 0.29) is 5.91 Å². The summed E-state index contributed by atoms with van der Waals surface area (Å²) in [7, 11) is 0. The molecule has 2 rings (SSSR count). The number of ether oxygens (including phenoxy) is 1. The van der Waals surface area contributed by atoms with Crippen molar-refractivity contribution in [3.8, 4) is 0 Å². The van der Waals surface area contributed by atoms with E-state index in [0.717, 1.165) is 31.5 Å². The highest BCUT2D eigenvalue weighted by Crippen LogP contribution is 2.24. The van der Waals surface area contributed by atoms with E-state index in [1.54, 1.807) is 11.8 Å². The van der Waals surface area contributed by atoms with Gasteiger partial charge < -0.3 is 9.64 Å². The molecule has 2 atom stereocenters. The molecule has 5 heteroatoms. The van der Waals surface area contributed by atoms with Crippen LogP contribution in [-0.2, 0) is 14.3 Å². The van der Waals surface area contributed by atoms with Crippen molar-refractivity contribution < 1.29 is 14.3 Å². The maximum Gasteiger partial charge on any atom is 0.325 e. The molecule has 1 aromatic carbocycles. The first-order valence-corrected chi connectivity index (χ1v) is 7.69. The minimum atomic E-state index is -0.732. The Kier molecular flexibility index (Phi) is 5.17. The molecular weight excluding hydrogens is 322 g/mol. The maximum absolute atomic E-state index is 12.1. The minimum absolute atomic E-state index is 0.108. The summed E-state index contributed by atoms with van der Waals surface area (Å²) in [6.45, 7) is 3.15. The molecule has 0 saturated carbocycles. The number of nitrogens with zero attached hydrogens (tertiary/aromatic N) is 1. The highest BCUT2D eigenvalue weighted by Gasteiger charge is 2.28. The van der Waals surface area contributed by atoms with Gasteiger partial charge in [0.25, 0.3) is 5.91 Å². The van der Waals surface area contributed by atoms with E-state index in [4.69, 9.17) is 4.74 Å². The van der Waals surface area contributed by atoms with E-state index in [1.165, 1.54) is 0 Å². The maximum atomic E-state index is 12.1.